The number of hydrogen-bond donors (Lipinski definition) is 1. The Bertz CT molecular complexity index is 842. The molecule has 0 spiro atoms. The normalized spacial score (nSPS) is 12.3. The van der Waals surface area contributed by atoms with E-state index in [1.54, 1.807) is 49.3 Å². The first-order chi connectivity index (χ1) is 11.3. The van der Waals surface area contributed by atoms with Crippen LogP contribution in [0, 0.1) is 0 Å². The fourth-order valence-electron chi connectivity index (χ4n) is 2.34. The van der Waals surface area contributed by atoms with Gasteiger partial charge in [-0.25, -0.2) is 8.42 Å². The molecule has 2 aromatic carbocycles. The predicted octanol–water partition coefficient (Wildman–Crippen LogP) is 2.35. The van der Waals surface area contributed by atoms with Gasteiger partial charge in [-0.2, -0.15) is 0 Å². The van der Waals surface area contributed by atoms with Crippen molar-refractivity contribution in [3.8, 4) is 0 Å². The van der Waals surface area contributed by atoms with Crippen LogP contribution in [-0.4, -0.2) is 39.5 Å². The molecule has 24 heavy (non-hydrogen) atoms. The maximum absolute atomic E-state index is 12.9. The fraction of sp³-hybridized carbons (Fsp3) is 0.167. The van der Waals surface area contributed by atoms with Crippen molar-refractivity contribution < 1.29 is 13.2 Å². The highest BCUT2D eigenvalue weighted by Crippen LogP contribution is 2.22. The third-order valence-electron chi connectivity index (χ3n) is 3.28. The molecule has 0 saturated carbocycles. The SMILES string of the molecule is CN(C)/C(=C(\NS(C)(=O)=O)C(=O)c1ccccc1)c1ccccc1. The van der Waals surface area contributed by atoms with Crippen molar-refractivity contribution in [2.45, 2.75) is 0 Å². The van der Waals surface area contributed by atoms with Crippen molar-refractivity contribution in [1.82, 2.24) is 9.62 Å². The molecule has 0 aliphatic heterocycles. The molecule has 1 N–H and O–H groups in total. The molecule has 0 amide bonds. The average molecular weight is 344 g/mol. The molecule has 2 aromatic rings. The number of nitrogens with zero attached hydrogens (tertiary/aromatic N) is 1. The Morgan fingerprint density at radius 1 is 0.875 bits per heavy atom. The summed E-state index contributed by atoms with van der Waals surface area (Å²) in [5.41, 5.74) is 1.70. The third kappa shape index (κ3) is 4.45. The zero-order valence-corrected chi connectivity index (χ0v) is 14.7. The van der Waals surface area contributed by atoms with Gasteiger partial charge in [0.05, 0.1) is 12.0 Å². The lowest BCUT2D eigenvalue weighted by atomic mass is 10.0. The summed E-state index contributed by atoms with van der Waals surface area (Å²) in [6.07, 6.45) is 1.03. The lowest BCUT2D eigenvalue weighted by molar-refractivity contribution is 0.102. The van der Waals surface area contributed by atoms with Gasteiger partial charge in [0.25, 0.3) is 0 Å². The van der Waals surface area contributed by atoms with E-state index < -0.39 is 10.0 Å². The Kier molecular flexibility index (Phi) is 5.41. The monoisotopic (exact) mass is 344 g/mol. The Balaban J connectivity index is 2.69. The number of carbonyl (C=O) groups excluding carboxylic acids is 1. The third-order valence-corrected chi connectivity index (χ3v) is 3.86. The zero-order valence-electron chi connectivity index (χ0n) is 13.9. The molecule has 126 valence electrons. The molecule has 0 radical (unpaired) electrons. The number of benzene rings is 2. The summed E-state index contributed by atoms with van der Waals surface area (Å²) in [6, 6.07) is 17.8. The minimum Gasteiger partial charge on any atom is -0.375 e. The molecular formula is C18H20N2O3S. The molecular weight excluding hydrogens is 324 g/mol. The van der Waals surface area contributed by atoms with Gasteiger partial charge in [-0.1, -0.05) is 60.7 Å². The van der Waals surface area contributed by atoms with Gasteiger partial charge in [-0.05, 0) is 0 Å². The van der Waals surface area contributed by atoms with Crippen molar-refractivity contribution in [2.75, 3.05) is 20.4 Å². The van der Waals surface area contributed by atoms with E-state index in [4.69, 9.17) is 0 Å². The number of Topliss-reactive ketones (excluding diaryl/α,β-unsaturated/α-hetero) is 1. The molecule has 6 heteroatoms. The van der Waals surface area contributed by atoms with Crippen LogP contribution in [0.5, 0.6) is 0 Å². The molecule has 0 bridgehead atoms. The van der Waals surface area contributed by atoms with Crippen molar-refractivity contribution >= 4 is 21.5 Å². The van der Waals surface area contributed by atoms with Gasteiger partial charge in [-0.15, -0.1) is 0 Å². The summed E-state index contributed by atoms with van der Waals surface area (Å²) in [5.74, 6) is -0.381. The summed E-state index contributed by atoms with van der Waals surface area (Å²) in [7, 11) is -0.0814. The zero-order chi connectivity index (χ0) is 17.7. The lowest BCUT2D eigenvalue weighted by Crippen LogP contribution is -2.30. The van der Waals surface area contributed by atoms with Gasteiger partial charge < -0.3 is 4.90 Å². The number of ketones is 1. The van der Waals surface area contributed by atoms with Crippen molar-refractivity contribution in [3.63, 3.8) is 0 Å². The van der Waals surface area contributed by atoms with Gasteiger partial charge in [-0.3, -0.25) is 9.52 Å². The number of nitrogens with one attached hydrogen (secondary N) is 1. The predicted molar refractivity (Wildman–Crippen MR) is 95.8 cm³/mol. The summed E-state index contributed by atoms with van der Waals surface area (Å²) in [5, 5.41) is 0. The molecule has 0 fully saturated rings. The highest BCUT2D eigenvalue weighted by atomic mass is 32.2. The summed E-state index contributed by atoms with van der Waals surface area (Å²) < 4.78 is 26.0. The molecule has 5 nitrogen and oxygen atoms in total. The molecule has 0 aromatic heterocycles. The quantitative estimate of drug-likeness (QED) is 0.645. The lowest BCUT2D eigenvalue weighted by Gasteiger charge is -2.22. The van der Waals surface area contributed by atoms with Crippen LogP contribution in [-0.2, 0) is 10.0 Å². The van der Waals surface area contributed by atoms with Crippen LogP contribution in [0.25, 0.3) is 5.70 Å². The Morgan fingerprint density at radius 3 is 1.75 bits per heavy atom. The van der Waals surface area contributed by atoms with E-state index in [9.17, 15) is 13.2 Å². The van der Waals surface area contributed by atoms with E-state index in [0.717, 1.165) is 11.8 Å². The smallest absolute Gasteiger partial charge is 0.230 e. The second kappa shape index (κ2) is 7.31. The van der Waals surface area contributed by atoms with Crippen LogP contribution >= 0.6 is 0 Å². The minimum atomic E-state index is -3.62. The topological polar surface area (TPSA) is 66.5 Å². The number of hydrogen-bond acceptors (Lipinski definition) is 4. The number of sulfonamides is 1. The van der Waals surface area contributed by atoms with Gasteiger partial charge in [0.1, 0.15) is 5.70 Å². The van der Waals surface area contributed by atoms with Crippen LogP contribution in [0.1, 0.15) is 15.9 Å². The Labute approximate surface area is 142 Å². The molecule has 0 aliphatic rings. The highest BCUT2D eigenvalue weighted by molar-refractivity contribution is 7.88. The van der Waals surface area contributed by atoms with Gasteiger partial charge in [0.15, 0.2) is 0 Å². The van der Waals surface area contributed by atoms with E-state index >= 15 is 0 Å². The van der Waals surface area contributed by atoms with Crippen LogP contribution in [0.2, 0.25) is 0 Å². The molecule has 0 heterocycles. The number of carbonyl (C=O) groups is 1. The second-order valence-electron chi connectivity index (χ2n) is 5.55. The van der Waals surface area contributed by atoms with Crippen LogP contribution in [0.3, 0.4) is 0 Å². The first-order valence-electron chi connectivity index (χ1n) is 7.34. The van der Waals surface area contributed by atoms with E-state index in [0.29, 0.717) is 11.3 Å². The van der Waals surface area contributed by atoms with Crippen LogP contribution in [0.4, 0.5) is 0 Å². The van der Waals surface area contributed by atoms with Crippen molar-refractivity contribution in [1.29, 1.82) is 0 Å². The number of rotatable bonds is 6. The maximum Gasteiger partial charge on any atom is 0.230 e. The molecule has 0 saturated heterocycles. The Morgan fingerprint density at radius 2 is 1.33 bits per heavy atom. The maximum atomic E-state index is 12.9. The Hall–Kier alpha value is -2.60. The summed E-state index contributed by atoms with van der Waals surface area (Å²) >= 11 is 0. The van der Waals surface area contributed by atoms with E-state index in [1.165, 1.54) is 0 Å². The largest absolute Gasteiger partial charge is 0.375 e. The summed E-state index contributed by atoms with van der Waals surface area (Å²) in [4.78, 5) is 14.7. The van der Waals surface area contributed by atoms with Gasteiger partial charge in [0, 0.05) is 25.2 Å². The molecule has 0 atom stereocenters. The molecule has 0 aliphatic carbocycles. The van der Waals surface area contributed by atoms with Crippen LogP contribution < -0.4 is 4.72 Å². The van der Waals surface area contributed by atoms with Gasteiger partial charge >= 0.3 is 0 Å². The molecule has 0 unspecified atom stereocenters. The first-order valence-corrected chi connectivity index (χ1v) is 9.23. The minimum absolute atomic E-state index is 0.0277. The van der Waals surface area contributed by atoms with E-state index in [1.807, 2.05) is 30.3 Å². The van der Waals surface area contributed by atoms with Crippen molar-refractivity contribution in [3.05, 3.63) is 77.5 Å². The standard InChI is InChI=1S/C18H20N2O3S/c1-20(2)17(14-10-6-4-7-11-14)16(19-24(3,22)23)18(21)15-12-8-5-9-13-15/h4-13,19H,1-3H3/b17-16-. The summed E-state index contributed by atoms with van der Waals surface area (Å²) in [6.45, 7) is 0. The first kappa shape index (κ1) is 17.7. The van der Waals surface area contributed by atoms with E-state index in [-0.39, 0.29) is 11.5 Å². The average Bonchev–Trinajstić information content (AvgIpc) is 2.54. The number of allylic oxidation sites excluding steroid dienone is 1. The van der Waals surface area contributed by atoms with Gasteiger partial charge in [0.2, 0.25) is 15.8 Å². The highest BCUT2D eigenvalue weighted by Gasteiger charge is 2.22. The fourth-order valence-corrected chi connectivity index (χ4v) is 2.90. The second-order valence-corrected chi connectivity index (χ2v) is 7.30. The van der Waals surface area contributed by atoms with Crippen molar-refractivity contribution in [2.24, 2.45) is 0 Å². The van der Waals surface area contributed by atoms with Crippen LogP contribution in [0.15, 0.2) is 66.4 Å². The van der Waals surface area contributed by atoms with E-state index in [2.05, 4.69) is 4.72 Å². The molecule has 2 rings (SSSR count).